The van der Waals surface area contributed by atoms with Crippen molar-refractivity contribution in [3.8, 4) is 0 Å². The van der Waals surface area contributed by atoms with Gasteiger partial charge in [0.05, 0.1) is 5.69 Å². The summed E-state index contributed by atoms with van der Waals surface area (Å²) in [6, 6.07) is 7.87. The van der Waals surface area contributed by atoms with Gasteiger partial charge in [0.15, 0.2) is 5.78 Å². The van der Waals surface area contributed by atoms with Crippen LogP contribution in [0, 0.1) is 5.92 Å². The third kappa shape index (κ3) is 1.65. The monoisotopic (exact) mass is 212 g/mol. The molecule has 0 radical (unpaired) electrons. The first kappa shape index (κ1) is 9.33. The van der Waals surface area contributed by atoms with Gasteiger partial charge in [0.25, 0.3) is 0 Å². The molecule has 0 bridgehead atoms. The van der Waals surface area contributed by atoms with Crippen LogP contribution in [0.2, 0.25) is 0 Å². The van der Waals surface area contributed by atoms with E-state index in [1.807, 2.05) is 30.3 Å². The molecule has 2 aliphatic rings. The van der Waals surface area contributed by atoms with Crippen LogP contribution in [0.4, 0.5) is 5.69 Å². The first-order valence-corrected chi connectivity index (χ1v) is 5.49. The van der Waals surface area contributed by atoms with E-state index in [1.54, 1.807) is 6.08 Å². The smallest absolute Gasteiger partial charge is 0.186 e. The third-order valence-electron chi connectivity index (χ3n) is 2.88. The van der Waals surface area contributed by atoms with Gasteiger partial charge in [-0.15, -0.1) is 0 Å². The lowest BCUT2D eigenvalue weighted by Gasteiger charge is -2.02. The van der Waals surface area contributed by atoms with E-state index >= 15 is 0 Å². The number of fused-ring (bicyclic) bond motifs is 1. The average molecular weight is 212 g/mol. The molecule has 1 heterocycles. The summed E-state index contributed by atoms with van der Waals surface area (Å²) in [6.07, 6.45) is 5.77. The zero-order chi connectivity index (χ0) is 11.0. The molecular formula is C13H12N2O. The maximum absolute atomic E-state index is 11.8. The maximum Gasteiger partial charge on any atom is 0.186 e. The number of hydrogen-bond donors (Lipinski definition) is 1. The fourth-order valence-electron chi connectivity index (χ4n) is 1.76. The topological polar surface area (TPSA) is 41.5 Å². The number of anilines is 1. The number of carbonyl (C=O) groups is 1. The Bertz CT molecular complexity index is 498. The van der Waals surface area contributed by atoms with Gasteiger partial charge in [-0.3, -0.25) is 10.2 Å². The predicted octanol–water partition coefficient (Wildman–Crippen LogP) is 2.46. The molecule has 1 aliphatic carbocycles. The van der Waals surface area contributed by atoms with Crippen LogP contribution in [0.25, 0.3) is 6.08 Å². The first-order valence-electron chi connectivity index (χ1n) is 5.49. The van der Waals surface area contributed by atoms with E-state index in [2.05, 4.69) is 10.5 Å². The van der Waals surface area contributed by atoms with Crippen molar-refractivity contribution in [2.24, 2.45) is 11.0 Å². The van der Waals surface area contributed by atoms with E-state index in [0.29, 0.717) is 5.71 Å². The van der Waals surface area contributed by atoms with Crippen LogP contribution < -0.4 is 5.43 Å². The third-order valence-corrected chi connectivity index (χ3v) is 2.88. The van der Waals surface area contributed by atoms with Crippen molar-refractivity contribution in [1.29, 1.82) is 0 Å². The number of carbonyl (C=O) groups excluding carboxylic acids is 1. The molecule has 1 aliphatic heterocycles. The van der Waals surface area contributed by atoms with Crippen LogP contribution in [0.5, 0.6) is 0 Å². The molecule has 0 spiro atoms. The van der Waals surface area contributed by atoms with E-state index in [1.165, 1.54) is 0 Å². The number of nitrogens with one attached hydrogen (secondary N) is 1. The second-order valence-corrected chi connectivity index (χ2v) is 4.17. The molecule has 16 heavy (non-hydrogen) atoms. The molecule has 0 unspecified atom stereocenters. The number of ketones is 1. The van der Waals surface area contributed by atoms with E-state index in [-0.39, 0.29) is 11.7 Å². The fraction of sp³-hybridized carbons (Fsp3) is 0.231. The van der Waals surface area contributed by atoms with E-state index in [0.717, 1.165) is 24.1 Å². The Morgan fingerprint density at radius 1 is 1.25 bits per heavy atom. The van der Waals surface area contributed by atoms with Gasteiger partial charge in [-0.25, -0.2) is 0 Å². The van der Waals surface area contributed by atoms with E-state index < -0.39 is 0 Å². The number of Topliss-reactive ketones (excluding diaryl/α,β-unsaturated/α-hetero) is 1. The highest BCUT2D eigenvalue weighted by atomic mass is 16.1. The zero-order valence-corrected chi connectivity index (χ0v) is 8.81. The molecule has 1 aromatic carbocycles. The number of benzene rings is 1. The summed E-state index contributed by atoms with van der Waals surface area (Å²) in [5.41, 5.74) is 5.49. The van der Waals surface area contributed by atoms with Gasteiger partial charge in [0, 0.05) is 5.92 Å². The van der Waals surface area contributed by atoms with Crippen LogP contribution >= 0.6 is 0 Å². The zero-order valence-electron chi connectivity index (χ0n) is 8.81. The van der Waals surface area contributed by atoms with Crippen molar-refractivity contribution in [2.45, 2.75) is 12.8 Å². The van der Waals surface area contributed by atoms with Gasteiger partial charge < -0.3 is 0 Å². The molecular weight excluding hydrogens is 200 g/mol. The number of hydrogen-bond acceptors (Lipinski definition) is 3. The van der Waals surface area contributed by atoms with E-state index in [9.17, 15) is 4.79 Å². The number of allylic oxidation sites excluding steroid dienone is 1. The normalized spacial score (nSPS) is 18.1. The lowest BCUT2D eigenvalue weighted by molar-refractivity contribution is -0.113. The fourth-order valence-corrected chi connectivity index (χ4v) is 1.76. The minimum absolute atomic E-state index is 0.163. The molecule has 80 valence electrons. The molecule has 0 aromatic heterocycles. The Labute approximate surface area is 93.9 Å². The minimum Gasteiger partial charge on any atom is -0.292 e. The van der Waals surface area contributed by atoms with Gasteiger partial charge in [-0.1, -0.05) is 24.3 Å². The Morgan fingerprint density at radius 3 is 2.88 bits per heavy atom. The molecule has 1 saturated carbocycles. The van der Waals surface area contributed by atoms with Gasteiger partial charge in [-0.05, 0) is 30.5 Å². The lowest BCUT2D eigenvalue weighted by atomic mass is 10.1. The second-order valence-electron chi connectivity index (χ2n) is 4.17. The molecule has 1 aromatic rings. The Hall–Kier alpha value is -1.90. The summed E-state index contributed by atoms with van der Waals surface area (Å²) >= 11 is 0. The van der Waals surface area contributed by atoms with Crippen molar-refractivity contribution in [3.05, 3.63) is 35.9 Å². The molecule has 0 saturated heterocycles. The van der Waals surface area contributed by atoms with Crippen molar-refractivity contribution in [3.63, 3.8) is 0 Å². The number of hydrazone groups is 1. The number of para-hydroxylation sites is 1. The predicted molar refractivity (Wildman–Crippen MR) is 64.3 cm³/mol. The van der Waals surface area contributed by atoms with Gasteiger partial charge >= 0.3 is 0 Å². The highest BCUT2D eigenvalue weighted by Crippen LogP contribution is 2.31. The molecule has 3 nitrogen and oxygen atoms in total. The summed E-state index contributed by atoms with van der Waals surface area (Å²) in [5.74, 6) is 0.378. The Morgan fingerprint density at radius 2 is 2.06 bits per heavy atom. The Balaban J connectivity index is 1.91. The Kier molecular flexibility index (Phi) is 2.10. The highest BCUT2D eigenvalue weighted by Gasteiger charge is 2.32. The standard InChI is InChI=1S/C13H12N2O/c16-13(10-5-6-10)12-8-7-9-3-1-2-4-11(9)14-15-12/h1-4,7-8,10,14H,5-6H2. The average Bonchev–Trinajstić information content (AvgIpc) is 3.15. The maximum atomic E-state index is 11.8. The molecule has 0 atom stereocenters. The summed E-state index contributed by atoms with van der Waals surface area (Å²) in [7, 11) is 0. The first-order chi connectivity index (χ1) is 7.84. The molecule has 0 amide bonds. The van der Waals surface area contributed by atoms with Crippen LogP contribution in [0.15, 0.2) is 35.4 Å². The summed E-state index contributed by atoms with van der Waals surface area (Å²) in [4.78, 5) is 11.8. The van der Waals surface area contributed by atoms with Gasteiger partial charge in [0.1, 0.15) is 5.71 Å². The SMILES string of the molecule is O=C(C1=NNc2ccccc2C=C1)C1CC1. The largest absolute Gasteiger partial charge is 0.292 e. The van der Waals surface area contributed by atoms with Crippen LogP contribution in [0.3, 0.4) is 0 Å². The van der Waals surface area contributed by atoms with Crippen LogP contribution in [-0.2, 0) is 4.79 Å². The van der Waals surface area contributed by atoms with Crippen molar-refractivity contribution >= 4 is 23.3 Å². The highest BCUT2D eigenvalue weighted by molar-refractivity contribution is 6.46. The van der Waals surface area contributed by atoms with E-state index in [4.69, 9.17) is 0 Å². The minimum atomic E-state index is 0.163. The summed E-state index contributed by atoms with van der Waals surface area (Å²) in [6.45, 7) is 0. The van der Waals surface area contributed by atoms with Gasteiger partial charge in [0.2, 0.25) is 0 Å². The van der Waals surface area contributed by atoms with Crippen molar-refractivity contribution in [1.82, 2.24) is 0 Å². The van der Waals surface area contributed by atoms with Crippen molar-refractivity contribution < 1.29 is 4.79 Å². The number of nitrogens with zero attached hydrogens (tertiary/aromatic N) is 1. The summed E-state index contributed by atoms with van der Waals surface area (Å²) < 4.78 is 0. The molecule has 1 N–H and O–H groups in total. The van der Waals surface area contributed by atoms with Crippen LogP contribution in [0.1, 0.15) is 18.4 Å². The second kappa shape index (κ2) is 3.59. The summed E-state index contributed by atoms with van der Waals surface area (Å²) in [5, 5.41) is 4.16. The van der Waals surface area contributed by atoms with Crippen molar-refractivity contribution in [2.75, 3.05) is 5.43 Å². The van der Waals surface area contributed by atoms with Gasteiger partial charge in [-0.2, -0.15) is 5.10 Å². The number of rotatable bonds is 2. The molecule has 3 heteroatoms. The molecule has 3 rings (SSSR count). The quantitative estimate of drug-likeness (QED) is 0.818. The van der Waals surface area contributed by atoms with Crippen LogP contribution in [-0.4, -0.2) is 11.5 Å². The molecule has 1 fully saturated rings. The lowest BCUT2D eigenvalue weighted by Crippen LogP contribution is -2.14.